The molecule has 1 N–H and O–H groups in total. The molecular formula is C34H43FN2O. The predicted molar refractivity (Wildman–Crippen MR) is 161 cm³/mol. The van der Waals surface area contributed by atoms with E-state index < -0.39 is 0 Å². The minimum Gasteiger partial charge on any atom is -0.376 e. The van der Waals surface area contributed by atoms with Gasteiger partial charge in [0.2, 0.25) is 0 Å². The largest absolute Gasteiger partial charge is 0.376 e. The van der Waals surface area contributed by atoms with E-state index in [1.807, 2.05) is 57.3 Å². The minimum absolute atomic E-state index is 0.290. The van der Waals surface area contributed by atoms with Gasteiger partial charge in [0.25, 0.3) is 0 Å². The number of nitrogens with one attached hydrogen (secondary N) is 1. The maximum absolute atomic E-state index is 13.7. The van der Waals surface area contributed by atoms with Crippen molar-refractivity contribution in [1.29, 1.82) is 5.26 Å². The molecule has 0 aliphatic heterocycles. The second-order valence-electron chi connectivity index (χ2n) is 8.94. The number of hydrogen-bond acceptors (Lipinski definition) is 3. The highest BCUT2D eigenvalue weighted by Crippen LogP contribution is 2.34. The van der Waals surface area contributed by atoms with Crippen LogP contribution in [-0.2, 0) is 4.74 Å². The molecule has 1 atom stereocenters. The molecule has 0 spiro atoms. The number of hydrogen-bond donors (Lipinski definition) is 1. The summed E-state index contributed by atoms with van der Waals surface area (Å²) in [5.74, 6) is -0.290. The van der Waals surface area contributed by atoms with Crippen molar-refractivity contribution >= 4 is 11.1 Å². The van der Waals surface area contributed by atoms with Gasteiger partial charge >= 0.3 is 0 Å². The van der Waals surface area contributed by atoms with Gasteiger partial charge < -0.3 is 10.1 Å². The van der Waals surface area contributed by atoms with Crippen molar-refractivity contribution in [3.05, 3.63) is 108 Å². The Bertz CT molecular complexity index is 1220. The molecule has 1 unspecified atom stereocenters. The van der Waals surface area contributed by atoms with Gasteiger partial charge in [-0.25, -0.2) is 4.39 Å². The van der Waals surface area contributed by atoms with Crippen molar-refractivity contribution in [3.8, 4) is 17.2 Å². The average Bonchev–Trinajstić information content (AvgIpc) is 2.96. The lowest BCUT2D eigenvalue weighted by atomic mass is 9.89. The van der Waals surface area contributed by atoms with Gasteiger partial charge in [-0.15, -0.1) is 0 Å². The molecule has 0 saturated carbocycles. The molecule has 0 saturated heterocycles. The number of nitriles is 1. The summed E-state index contributed by atoms with van der Waals surface area (Å²) in [6.45, 7) is 18.8. The summed E-state index contributed by atoms with van der Waals surface area (Å²) in [6.07, 6.45) is 1.02. The first-order valence-corrected chi connectivity index (χ1v) is 13.2. The van der Waals surface area contributed by atoms with E-state index in [0.29, 0.717) is 18.0 Å². The van der Waals surface area contributed by atoms with E-state index in [9.17, 15) is 9.65 Å². The Kier molecular flexibility index (Phi) is 14.6. The van der Waals surface area contributed by atoms with Gasteiger partial charge in [0, 0.05) is 19.6 Å². The summed E-state index contributed by atoms with van der Waals surface area (Å²) in [4.78, 5) is 0. The van der Waals surface area contributed by atoms with Crippen molar-refractivity contribution in [2.24, 2.45) is 0 Å². The monoisotopic (exact) mass is 514 g/mol. The van der Waals surface area contributed by atoms with Crippen LogP contribution in [-0.4, -0.2) is 20.2 Å². The topological polar surface area (TPSA) is 45.0 Å². The third kappa shape index (κ3) is 9.74. The van der Waals surface area contributed by atoms with Crippen LogP contribution < -0.4 is 5.32 Å². The molecule has 0 bridgehead atoms. The van der Waals surface area contributed by atoms with Crippen LogP contribution in [0.25, 0.3) is 22.3 Å². The highest BCUT2D eigenvalue weighted by molar-refractivity contribution is 5.80. The SMILES string of the molecule is C=C(CC)c1cc(C(=C)CC(OC)c2cccc(F)c2)cc(-c2ccccc2C#N)c1.CC.CNC(C)C. The molecule has 0 aromatic heterocycles. The van der Waals surface area contributed by atoms with Gasteiger partial charge in [0.05, 0.1) is 17.7 Å². The first-order valence-electron chi connectivity index (χ1n) is 13.2. The molecule has 202 valence electrons. The smallest absolute Gasteiger partial charge is 0.123 e. The summed E-state index contributed by atoms with van der Waals surface area (Å²) in [5.41, 5.74) is 7.06. The highest BCUT2D eigenvalue weighted by atomic mass is 19.1. The van der Waals surface area contributed by atoms with Gasteiger partial charge in [-0.1, -0.05) is 78.1 Å². The number of halogens is 1. The van der Waals surface area contributed by atoms with Crippen LogP contribution in [0.1, 0.15) is 75.8 Å². The van der Waals surface area contributed by atoms with Gasteiger partial charge in [-0.3, -0.25) is 0 Å². The fourth-order valence-corrected chi connectivity index (χ4v) is 3.61. The number of allylic oxidation sites excluding steroid dienone is 1. The zero-order chi connectivity index (χ0) is 28.7. The van der Waals surface area contributed by atoms with E-state index in [-0.39, 0.29) is 11.9 Å². The van der Waals surface area contributed by atoms with E-state index in [1.165, 1.54) is 12.1 Å². The molecular weight excluding hydrogens is 471 g/mol. The Labute approximate surface area is 229 Å². The van der Waals surface area contributed by atoms with Crippen LogP contribution in [0.4, 0.5) is 4.39 Å². The molecule has 0 heterocycles. The van der Waals surface area contributed by atoms with Crippen LogP contribution in [0, 0.1) is 17.1 Å². The number of benzene rings is 3. The zero-order valence-corrected chi connectivity index (χ0v) is 24.1. The number of ether oxygens (including phenoxy) is 1. The van der Waals surface area contributed by atoms with Gasteiger partial charge in [-0.2, -0.15) is 5.26 Å². The second kappa shape index (κ2) is 17.1. The highest BCUT2D eigenvalue weighted by Gasteiger charge is 2.16. The van der Waals surface area contributed by atoms with Crippen molar-refractivity contribution in [1.82, 2.24) is 5.32 Å². The molecule has 3 rings (SSSR count). The molecule has 0 amide bonds. The summed E-state index contributed by atoms with van der Waals surface area (Å²) < 4.78 is 19.3. The second-order valence-corrected chi connectivity index (χ2v) is 8.94. The Balaban J connectivity index is 0.000000924. The van der Waals surface area contributed by atoms with Crippen LogP contribution in [0.15, 0.2) is 79.9 Å². The van der Waals surface area contributed by atoms with Gasteiger partial charge in [0.1, 0.15) is 5.82 Å². The van der Waals surface area contributed by atoms with E-state index in [1.54, 1.807) is 13.2 Å². The van der Waals surface area contributed by atoms with Crippen molar-refractivity contribution in [2.75, 3.05) is 14.2 Å². The molecule has 0 fully saturated rings. The Morgan fingerprint density at radius 1 is 0.974 bits per heavy atom. The first-order chi connectivity index (χ1) is 18.2. The predicted octanol–water partition coefficient (Wildman–Crippen LogP) is 9.22. The summed E-state index contributed by atoms with van der Waals surface area (Å²) in [7, 11) is 3.57. The first kappa shape index (κ1) is 32.5. The normalized spacial score (nSPS) is 10.8. The molecule has 3 aromatic carbocycles. The third-order valence-electron chi connectivity index (χ3n) is 6.05. The zero-order valence-electron chi connectivity index (χ0n) is 24.1. The molecule has 38 heavy (non-hydrogen) atoms. The lowest BCUT2D eigenvalue weighted by molar-refractivity contribution is 0.107. The third-order valence-corrected chi connectivity index (χ3v) is 6.05. The van der Waals surface area contributed by atoms with Crippen molar-refractivity contribution in [3.63, 3.8) is 0 Å². The van der Waals surface area contributed by atoms with Crippen molar-refractivity contribution in [2.45, 2.75) is 59.6 Å². The number of methoxy groups -OCH3 is 1. The maximum Gasteiger partial charge on any atom is 0.123 e. The lowest BCUT2D eigenvalue weighted by Crippen LogP contribution is -2.15. The van der Waals surface area contributed by atoms with E-state index in [2.05, 4.69) is 57.4 Å². The fraction of sp³-hybridized carbons (Fsp3) is 0.324. The van der Waals surface area contributed by atoms with Crippen LogP contribution in [0.2, 0.25) is 0 Å². The number of rotatable bonds is 9. The minimum atomic E-state index is -0.309. The van der Waals surface area contributed by atoms with E-state index in [4.69, 9.17) is 4.74 Å². The van der Waals surface area contributed by atoms with Crippen LogP contribution in [0.3, 0.4) is 0 Å². The van der Waals surface area contributed by atoms with E-state index in [0.717, 1.165) is 45.4 Å². The average molecular weight is 515 g/mol. The maximum atomic E-state index is 13.7. The standard InChI is InChI=1S/C28H26FNO.C4H11N.C2H6/c1-5-19(2)23-14-24(16-25(15-23)27-12-7-6-9-22(27)18-30)20(3)13-28(31-4)21-10-8-11-26(29)17-21;1-4(2)5-3;1-2/h6-12,14-17,28H,2-3,5,13H2,1,4H3;4-5H,1-3H3;1-2H3. The summed E-state index contributed by atoms with van der Waals surface area (Å²) in [5, 5.41) is 12.6. The van der Waals surface area contributed by atoms with Crippen LogP contribution in [0.5, 0.6) is 0 Å². The molecule has 0 radical (unpaired) electrons. The molecule has 3 nitrogen and oxygen atoms in total. The van der Waals surface area contributed by atoms with Crippen molar-refractivity contribution < 1.29 is 9.13 Å². The number of nitrogens with zero attached hydrogens (tertiary/aromatic N) is 1. The summed E-state index contributed by atoms with van der Waals surface area (Å²) >= 11 is 0. The Hall–Kier alpha value is -3.52. The summed E-state index contributed by atoms with van der Waals surface area (Å²) in [6, 6.07) is 23.1. The van der Waals surface area contributed by atoms with Crippen LogP contribution >= 0.6 is 0 Å². The molecule has 0 aliphatic carbocycles. The quantitative estimate of drug-likeness (QED) is 0.309. The Morgan fingerprint density at radius 3 is 2.11 bits per heavy atom. The Morgan fingerprint density at radius 2 is 1.58 bits per heavy atom. The molecule has 0 aliphatic rings. The lowest BCUT2D eigenvalue weighted by Gasteiger charge is -2.19. The van der Waals surface area contributed by atoms with Gasteiger partial charge in [-0.05, 0) is 88.8 Å². The molecule has 4 heteroatoms. The van der Waals surface area contributed by atoms with E-state index >= 15 is 0 Å². The fourth-order valence-electron chi connectivity index (χ4n) is 3.61. The molecule has 3 aromatic rings. The van der Waals surface area contributed by atoms with Gasteiger partial charge in [0.15, 0.2) is 0 Å².